The third kappa shape index (κ3) is 3.22. The minimum atomic E-state index is -0.243. The number of rotatable bonds is 3. The first-order valence-electron chi connectivity index (χ1n) is 4.17. The summed E-state index contributed by atoms with van der Waals surface area (Å²) in [6, 6.07) is 0. The summed E-state index contributed by atoms with van der Waals surface area (Å²) in [5.41, 5.74) is -0.0803. The summed E-state index contributed by atoms with van der Waals surface area (Å²) in [6.07, 6.45) is -0.243. The Morgan fingerprint density at radius 2 is 1.92 bits per heavy atom. The summed E-state index contributed by atoms with van der Waals surface area (Å²) in [4.78, 5) is 0. The zero-order chi connectivity index (χ0) is 9.78. The molecule has 1 unspecified atom stereocenters. The van der Waals surface area contributed by atoms with Gasteiger partial charge in [0, 0.05) is 6.61 Å². The minimum absolute atomic E-state index is 0.0803. The van der Waals surface area contributed by atoms with Crippen molar-refractivity contribution in [1.29, 1.82) is 5.41 Å². The Hall–Kier alpha value is -0.570. The fraction of sp³-hybridized carbons (Fsp3) is 0.889. The van der Waals surface area contributed by atoms with E-state index >= 15 is 0 Å². The summed E-state index contributed by atoms with van der Waals surface area (Å²) in [5.74, 6) is 0.198. The van der Waals surface area contributed by atoms with Gasteiger partial charge in [-0.15, -0.1) is 0 Å². The van der Waals surface area contributed by atoms with E-state index in [0.29, 0.717) is 6.61 Å². The second-order valence-corrected chi connectivity index (χ2v) is 3.77. The van der Waals surface area contributed by atoms with E-state index in [1.54, 1.807) is 0 Å². The Morgan fingerprint density at radius 3 is 2.17 bits per heavy atom. The van der Waals surface area contributed by atoms with Gasteiger partial charge in [0.25, 0.3) is 0 Å². The van der Waals surface area contributed by atoms with Gasteiger partial charge in [-0.25, -0.2) is 0 Å². The quantitative estimate of drug-likeness (QED) is 0.524. The van der Waals surface area contributed by atoms with Gasteiger partial charge in [0.2, 0.25) is 5.90 Å². The van der Waals surface area contributed by atoms with Crippen LogP contribution in [0.5, 0.6) is 0 Å². The molecule has 72 valence electrons. The molecule has 0 saturated heterocycles. The standard InChI is InChI=1S/C9H19NO2/c1-6-12-7(8(10)11-5)9(2,3)4/h7,10H,6H2,1-5H3. The molecule has 0 aliphatic carbocycles. The number of methoxy groups -OCH3 is 1. The molecule has 0 saturated carbocycles. The van der Waals surface area contributed by atoms with Crippen LogP contribution in [-0.4, -0.2) is 25.7 Å². The molecule has 0 amide bonds. The minimum Gasteiger partial charge on any atom is -0.483 e. The van der Waals surface area contributed by atoms with Gasteiger partial charge in [0.05, 0.1) is 7.11 Å². The third-order valence-corrected chi connectivity index (χ3v) is 1.58. The number of nitrogens with one attached hydrogen (secondary N) is 1. The smallest absolute Gasteiger partial charge is 0.210 e. The molecule has 1 atom stereocenters. The molecule has 3 heteroatoms. The lowest BCUT2D eigenvalue weighted by atomic mass is 9.89. The lowest BCUT2D eigenvalue weighted by Gasteiger charge is -2.29. The molecule has 0 aliphatic rings. The fourth-order valence-electron chi connectivity index (χ4n) is 0.993. The normalized spacial score (nSPS) is 14.1. The van der Waals surface area contributed by atoms with Crippen LogP contribution >= 0.6 is 0 Å². The number of ether oxygens (including phenoxy) is 2. The van der Waals surface area contributed by atoms with Gasteiger partial charge >= 0.3 is 0 Å². The van der Waals surface area contributed by atoms with Crippen LogP contribution in [0.25, 0.3) is 0 Å². The Kier molecular flexibility index (Phi) is 4.24. The topological polar surface area (TPSA) is 42.3 Å². The molecule has 0 aromatic rings. The number of hydrogen-bond acceptors (Lipinski definition) is 3. The highest BCUT2D eigenvalue weighted by molar-refractivity contribution is 5.78. The Morgan fingerprint density at radius 1 is 1.42 bits per heavy atom. The second kappa shape index (κ2) is 4.45. The molecule has 0 spiro atoms. The first-order chi connectivity index (χ1) is 5.43. The highest BCUT2D eigenvalue weighted by Gasteiger charge is 2.29. The highest BCUT2D eigenvalue weighted by Crippen LogP contribution is 2.23. The van der Waals surface area contributed by atoms with Crippen molar-refractivity contribution in [2.24, 2.45) is 5.41 Å². The van der Waals surface area contributed by atoms with Crippen molar-refractivity contribution < 1.29 is 9.47 Å². The molecular formula is C9H19NO2. The van der Waals surface area contributed by atoms with Crippen LogP contribution in [0, 0.1) is 10.8 Å². The molecule has 1 N–H and O–H groups in total. The average Bonchev–Trinajstić information content (AvgIpc) is 1.96. The SMILES string of the molecule is CCOC(C(=N)OC)C(C)(C)C. The Bertz CT molecular complexity index is 149. The highest BCUT2D eigenvalue weighted by atomic mass is 16.5. The van der Waals surface area contributed by atoms with E-state index in [2.05, 4.69) is 0 Å². The van der Waals surface area contributed by atoms with Gasteiger partial charge in [0.15, 0.2) is 0 Å². The molecule has 0 fully saturated rings. The lowest BCUT2D eigenvalue weighted by Crippen LogP contribution is -2.37. The first kappa shape index (κ1) is 11.4. The van der Waals surface area contributed by atoms with Gasteiger partial charge in [-0.1, -0.05) is 20.8 Å². The predicted octanol–water partition coefficient (Wildman–Crippen LogP) is 2.06. The summed E-state index contributed by atoms with van der Waals surface area (Å²) >= 11 is 0. The number of hydrogen-bond donors (Lipinski definition) is 1. The molecule has 0 aromatic heterocycles. The van der Waals surface area contributed by atoms with Gasteiger partial charge in [0.1, 0.15) is 6.10 Å². The van der Waals surface area contributed by atoms with Crippen molar-refractivity contribution in [3.05, 3.63) is 0 Å². The first-order valence-corrected chi connectivity index (χ1v) is 4.17. The van der Waals surface area contributed by atoms with E-state index in [9.17, 15) is 0 Å². The maximum absolute atomic E-state index is 7.51. The van der Waals surface area contributed by atoms with Crippen LogP contribution < -0.4 is 0 Å². The van der Waals surface area contributed by atoms with Crippen LogP contribution in [0.15, 0.2) is 0 Å². The van der Waals surface area contributed by atoms with Crippen LogP contribution in [0.2, 0.25) is 0 Å². The predicted molar refractivity (Wildman–Crippen MR) is 49.6 cm³/mol. The molecule has 0 aliphatic heterocycles. The maximum atomic E-state index is 7.51. The van der Waals surface area contributed by atoms with Crippen molar-refractivity contribution in [3.63, 3.8) is 0 Å². The molecule has 12 heavy (non-hydrogen) atoms. The second-order valence-electron chi connectivity index (χ2n) is 3.77. The Labute approximate surface area is 74.6 Å². The van der Waals surface area contributed by atoms with Crippen molar-refractivity contribution in [2.45, 2.75) is 33.8 Å². The van der Waals surface area contributed by atoms with Gasteiger partial charge < -0.3 is 9.47 Å². The van der Waals surface area contributed by atoms with E-state index in [1.165, 1.54) is 7.11 Å². The molecular weight excluding hydrogens is 154 g/mol. The van der Waals surface area contributed by atoms with Crippen molar-refractivity contribution in [2.75, 3.05) is 13.7 Å². The van der Waals surface area contributed by atoms with E-state index < -0.39 is 0 Å². The summed E-state index contributed by atoms with van der Waals surface area (Å²) in [7, 11) is 1.50. The van der Waals surface area contributed by atoms with Crippen LogP contribution in [-0.2, 0) is 9.47 Å². The van der Waals surface area contributed by atoms with Crippen LogP contribution in [0.1, 0.15) is 27.7 Å². The van der Waals surface area contributed by atoms with Crippen molar-refractivity contribution in [1.82, 2.24) is 0 Å². The Balaban J connectivity index is 4.33. The van der Waals surface area contributed by atoms with E-state index in [4.69, 9.17) is 14.9 Å². The third-order valence-electron chi connectivity index (χ3n) is 1.58. The summed E-state index contributed by atoms with van der Waals surface area (Å²) in [6.45, 7) is 8.61. The molecule has 0 aromatic carbocycles. The maximum Gasteiger partial charge on any atom is 0.210 e. The van der Waals surface area contributed by atoms with E-state index in [-0.39, 0.29) is 17.4 Å². The van der Waals surface area contributed by atoms with E-state index in [1.807, 2.05) is 27.7 Å². The molecule has 0 rings (SSSR count). The van der Waals surface area contributed by atoms with Crippen molar-refractivity contribution in [3.8, 4) is 0 Å². The molecule has 0 heterocycles. The zero-order valence-electron chi connectivity index (χ0n) is 8.60. The van der Waals surface area contributed by atoms with Gasteiger partial charge in [-0.05, 0) is 12.3 Å². The molecule has 0 radical (unpaired) electrons. The average molecular weight is 173 g/mol. The van der Waals surface area contributed by atoms with Crippen molar-refractivity contribution >= 4 is 5.90 Å². The lowest BCUT2D eigenvalue weighted by molar-refractivity contribution is 0.0213. The zero-order valence-corrected chi connectivity index (χ0v) is 8.60. The van der Waals surface area contributed by atoms with Gasteiger partial charge in [-0.2, -0.15) is 0 Å². The molecule has 3 nitrogen and oxygen atoms in total. The van der Waals surface area contributed by atoms with Crippen LogP contribution in [0.4, 0.5) is 0 Å². The largest absolute Gasteiger partial charge is 0.483 e. The van der Waals surface area contributed by atoms with E-state index in [0.717, 1.165) is 0 Å². The summed E-state index contributed by atoms with van der Waals surface area (Å²) in [5, 5.41) is 7.51. The summed E-state index contributed by atoms with van der Waals surface area (Å²) < 4.78 is 10.3. The molecule has 0 bridgehead atoms. The monoisotopic (exact) mass is 173 g/mol. The van der Waals surface area contributed by atoms with Crippen LogP contribution in [0.3, 0.4) is 0 Å². The van der Waals surface area contributed by atoms with Gasteiger partial charge in [-0.3, -0.25) is 5.41 Å². The fourth-order valence-corrected chi connectivity index (χ4v) is 0.993.